The van der Waals surface area contributed by atoms with Gasteiger partial charge in [0.2, 0.25) is 0 Å². The maximum atomic E-state index is 13.4. The Labute approximate surface area is 187 Å². The molecule has 1 aromatic carbocycles. The number of hydrogen-bond acceptors (Lipinski definition) is 4. The monoisotopic (exact) mass is 443 g/mol. The van der Waals surface area contributed by atoms with Crippen molar-refractivity contribution in [2.45, 2.75) is 44.6 Å². The largest absolute Gasteiger partial charge is 0.330 e. The van der Waals surface area contributed by atoms with Crippen LogP contribution in [0.2, 0.25) is 0 Å². The second-order valence-electron chi connectivity index (χ2n) is 9.35. The lowest BCUT2D eigenvalue weighted by atomic mass is 9.98. The predicted octanol–water partition coefficient (Wildman–Crippen LogP) is 3.83. The quantitative estimate of drug-likeness (QED) is 0.668. The molecule has 31 heavy (non-hydrogen) atoms. The molecule has 3 aromatic rings. The summed E-state index contributed by atoms with van der Waals surface area (Å²) in [6.07, 6.45) is 3.89. The Morgan fingerprint density at radius 1 is 1.16 bits per heavy atom. The van der Waals surface area contributed by atoms with E-state index >= 15 is 0 Å². The average molecular weight is 444 g/mol. The van der Waals surface area contributed by atoms with Crippen molar-refractivity contribution in [1.29, 1.82) is 0 Å². The van der Waals surface area contributed by atoms with Gasteiger partial charge in [0.1, 0.15) is 11.5 Å². The van der Waals surface area contributed by atoms with Crippen LogP contribution in [-0.2, 0) is 5.41 Å². The lowest BCUT2D eigenvalue weighted by Crippen LogP contribution is -2.59. The summed E-state index contributed by atoms with van der Waals surface area (Å²) in [6.45, 7) is 8.52. The van der Waals surface area contributed by atoms with Crippen LogP contribution in [0.5, 0.6) is 0 Å². The molecule has 1 amide bonds. The third kappa shape index (κ3) is 3.81. The summed E-state index contributed by atoms with van der Waals surface area (Å²) >= 11 is 0. The molecule has 164 valence electrons. The standard InChI is InChI=1S/C23H26FN5O.ClH/c1-22(2)14-25-10-11-28(22)21(30)19-13-29-20(26-19)17(23(3)8-9-23)12-18(27-29)15-4-6-16(24)7-5-15;/h4-7,12-13,25H,8-11,14H2,1-3H3;1H. The van der Waals surface area contributed by atoms with E-state index in [-0.39, 0.29) is 35.1 Å². The molecule has 0 bridgehead atoms. The zero-order valence-corrected chi connectivity index (χ0v) is 18.8. The number of hydrogen-bond donors (Lipinski definition) is 1. The van der Waals surface area contributed by atoms with Crippen molar-refractivity contribution in [3.63, 3.8) is 0 Å². The molecule has 1 N–H and O–H groups in total. The molecule has 1 aliphatic heterocycles. The van der Waals surface area contributed by atoms with Crippen LogP contribution in [-0.4, -0.2) is 50.6 Å². The number of nitrogens with zero attached hydrogens (tertiary/aromatic N) is 4. The van der Waals surface area contributed by atoms with Gasteiger partial charge in [-0.1, -0.05) is 6.92 Å². The Kier molecular flexibility index (Phi) is 5.30. The van der Waals surface area contributed by atoms with Gasteiger partial charge < -0.3 is 10.2 Å². The van der Waals surface area contributed by atoms with E-state index in [1.54, 1.807) is 22.8 Å². The summed E-state index contributed by atoms with van der Waals surface area (Å²) < 4.78 is 15.1. The van der Waals surface area contributed by atoms with Gasteiger partial charge in [-0.05, 0) is 62.4 Å². The van der Waals surface area contributed by atoms with Crippen LogP contribution in [0.15, 0.2) is 36.5 Å². The number of imidazole rings is 1. The van der Waals surface area contributed by atoms with Crippen LogP contribution in [0.4, 0.5) is 4.39 Å². The van der Waals surface area contributed by atoms with Crippen LogP contribution < -0.4 is 5.32 Å². The number of carbonyl (C=O) groups is 1. The van der Waals surface area contributed by atoms with Crippen molar-refractivity contribution in [1.82, 2.24) is 24.8 Å². The topological polar surface area (TPSA) is 62.5 Å². The Bertz CT molecular complexity index is 1140. The first kappa shape index (κ1) is 21.7. The molecule has 6 nitrogen and oxygen atoms in total. The van der Waals surface area contributed by atoms with Crippen molar-refractivity contribution >= 4 is 24.0 Å². The van der Waals surface area contributed by atoms with Gasteiger partial charge in [0.25, 0.3) is 5.91 Å². The smallest absolute Gasteiger partial charge is 0.274 e. The Balaban J connectivity index is 0.00000231. The lowest BCUT2D eigenvalue weighted by Gasteiger charge is -2.42. The summed E-state index contributed by atoms with van der Waals surface area (Å²) in [4.78, 5) is 19.9. The molecule has 2 aromatic heterocycles. The average Bonchev–Trinajstić information content (AvgIpc) is 3.31. The summed E-state index contributed by atoms with van der Waals surface area (Å²) in [5.74, 6) is -0.342. The van der Waals surface area contributed by atoms with Gasteiger partial charge in [0.05, 0.1) is 17.4 Å². The van der Waals surface area contributed by atoms with Gasteiger partial charge in [0.15, 0.2) is 5.65 Å². The van der Waals surface area contributed by atoms with Crippen molar-refractivity contribution < 1.29 is 9.18 Å². The maximum absolute atomic E-state index is 13.4. The van der Waals surface area contributed by atoms with Crippen LogP contribution in [0, 0.1) is 5.82 Å². The number of amides is 1. The highest BCUT2D eigenvalue weighted by atomic mass is 35.5. The van der Waals surface area contributed by atoms with Gasteiger partial charge >= 0.3 is 0 Å². The zero-order chi connectivity index (χ0) is 21.1. The molecule has 0 radical (unpaired) electrons. The first-order valence-corrected chi connectivity index (χ1v) is 10.5. The minimum atomic E-state index is -0.275. The maximum Gasteiger partial charge on any atom is 0.274 e. The molecule has 8 heteroatoms. The minimum absolute atomic E-state index is 0. The number of piperazine rings is 1. The number of aromatic nitrogens is 3. The number of halogens is 2. The van der Waals surface area contributed by atoms with Crippen LogP contribution >= 0.6 is 12.4 Å². The number of carbonyl (C=O) groups excluding carboxylic acids is 1. The minimum Gasteiger partial charge on any atom is -0.330 e. The molecule has 1 saturated heterocycles. The summed E-state index contributed by atoms with van der Waals surface area (Å²) in [7, 11) is 0. The van der Waals surface area contributed by atoms with Gasteiger partial charge in [0, 0.05) is 30.8 Å². The van der Waals surface area contributed by atoms with E-state index in [0.717, 1.165) is 48.4 Å². The Morgan fingerprint density at radius 2 is 1.87 bits per heavy atom. The van der Waals surface area contributed by atoms with E-state index < -0.39 is 0 Å². The van der Waals surface area contributed by atoms with Crippen LogP contribution in [0.1, 0.15) is 49.7 Å². The lowest BCUT2D eigenvalue weighted by molar-refractivity contribution is 0.0472. The molecule has 2 fully saturated rings. The van der Waals surface area contributed by atoms with E-state index in [1.165, 1.54) is 12.1 Å². The molecule has 0 spiro atoms. The third-order valence-electron chi connectivity index (χ3n) is 6.48. The second-order valence-corrected chi connectivity index (χ2v) is 9.35. The van der Waals surface area contributed by atoms with E-state index in [4.69, 9.17) is 10.1 Å². The highest BCUT2D eigenvalue weighted by Crippen LogP contribution is 2.49. The summed E-state index contributed by atoms with van der Waals surface area (Å²) in [5.41, 5.74) is 3.60. The van der Waals surface area contributed by atoms with Crippen molar-refractivity contribution in [3.8, 4) is 11.3 Å². The Morgan fingerprint density at radius 3 is 2.52 bits per heavy atom. The highest BCUT2D eigenvalue weighted by Gasteiger charge is 2.42. The third-order valence-corrected chi connectivity index (χ3v) is 6.48. The molecule has 1 saturated carbocycles. The van der Waals surface area contributed by atoms with E-state index in [1.807, 2.05) is 11.0 Å². The van der Waals surface area contributed by atoms with Crippen molar-refractivity contribution in [2.75, 3.05) is 19.6 Å². The first-order valence-electron chi connectivity index (χ1n) is 10.5. The number of nitrogens with one attached hydrogen (secondary N) is 1. The van der Waals surface area contributed by atoms with Crippen molar-refractivity contribution in [3.05, 3.63) is 53.6 Å². The molecule has 0 unspecified atom stereocenters. The summed E-state index contributed by atoms with van der Waals surface area (Å²) in [5, 5.41) is 8.06. The van der Waals surface area contributed by atoms with E-state index in [2.05, 4.69) is 26.1 Å². The normalized spacial score (nSPS) is 19.2. The molecular formula is C23H27ClFN5O. The fourth-order valence-corrected chi connectivity index (χ4v) is 4.24. The number of benzene rings is 1. The van der Waals surface area contributed by atoms with Gasteiger partial charge in [-0.25, -0.2) is 13.9 Å². The first-order chi connectivity index (χ1) is 14.3. The molecular weight excluding hydrogens is 417 g/mol. The van der Waals surface area contributed by atoms with E-state index in [0.29, 0.717) is 12.2 Å². The van der Waals surface area contributed by atoms with Gasteiger partial charge in [-0.3, -0.25) is 4.79 Å². The zero-order valence-electron chi connectivity index (χ0n) is 18.0. The second kappa shape index (κ2) is 7.57. The summed E-state index contributed by atoms with van der Waals surface area (Å²) in [6, 6.07) is 8.39. The molecule has 1 aliphatic carbocycles. The molecule has 2 aliphatic rings. The molecule has 5 rings (SSSR count). The van der Waals surface area contributed by atoms with Crippen LogP contribution in [0.25, 0.3) is 16.9 Å². The van der Waals surface area contributed by atoms with Crippen molar-refractivity contribution in [2.24, 2.45) is 0 Å². The van der Waals surface area contributed by atoms with Gasteiger partial charge in [-0.15, -0.1) is 12.4 Å². The fourth-order valence-electron chi connectivity index (χ4n) is 4.24. The van der Waals surface area contributed by atoms with E-state index in [9.17, 15) is 9.18 Å². The predicted molar refractivity (Wildman–Crippen MR) is 120 cm³/mol. The van der Waals surface area contributed by atoms with Gasteiger partial charge in [-0.2, -0.15) is 5.10 Å². The molecule has 0 atom stereocenters. The SMILES string of the molecule is CC1(c2cc(-c3ccc(F)cc3)nn3cc(C(=O)N4CCNCC4(C)C)nc23)CC1.Cl. The number of rotatable bonds is 3. The van der Waals surface area contributed by atoms with Crippen LogP contribution in [0.3, 0.4) is 0 Å². The number of fused-ring (bicyclic) bond motifs is 1. The fraction of sp³-hybridized carbons (Fsp3) is 0.435. The Hall–Kier alpha value is -2.51. The molecule has 3 heterocycles. The highest BCUT2D eigenvalue weighted by molar-refractivity contribution is 5.93.